The van der Waals surface area contributed by atoms with Crippen LogP contribution in [0.3, 0.4) is 0 Å². The standard InChI is InChI=1S/C11H20N2O2/c1-5-14-8(2)6-12-7-11-9(3)13-15-10(11)4/h8,12H,5-7H2,1-4H3. The summed E-state index contributed by atoms with van der Waals surface area (Å²) >= 11 is 0. The molecule has 1 unspecified atom stereocenters. The molecule has 0 aliphatic heterocycles. The average Bonchev–Trinajstić information content (AvgIpc) is 2.49. The summed E-state index contributed by atoms with van der Waals surface area (Å²) in [6, 6.07) is 0. The maximum atomic E-state index is 5.42. The zero-order chi connectivity index (χ0) is 11.3. The summed E-state index contributed by atoms with van der Waals surface area (Å²) < 4.78 is 10.5. The molecule has 86 valence electrons. The number of nitrogens with one attached hydrogen (secondary N) is 1. The van der Waals surface area contributed by atoms with Crippen LogP contribution in [-0.4, -0.2) is 24.4 Å². The lowest BCUT2D eigenvalue weighted by Gasteiger charge is -2.12. The molecule has 0 radical (unpaired) electrons. The van der Waals surface area contributed by atoms with Gasteiger partial charge < -0.3 is 14.6 Å². The first-order valence-corrected chi connectivity index (χ1v) is 5.39. The molecule has 0 bridgehead atoms. The second kappa shape index (κ2) is 5.88. The van der Waals surface area contributed by atoms with Crippen LogP contribution in [0.1, 0.15) is 30.9 Å². The zero-order valence-corrected chi connectivity index (χ0v) is 9.96. The van der Waals surface area contributed by atoms with E-state index < -0.39 is 0 Å². The summed E-state index contributed by atoms with van der Waals surface area (Å²) in [5.41, 5.74) is 2.11. The Bertz CT molecular complexity index is 277. The van der Waals surface area contributed by atoms with Crippen LogP contribution in [0.5, 0.6) is 0 Å². The van der Waals surface area contributed by atoms with Crippen molar-refractivity contribution in [1.29, 1.82) is 0 Å². The number of hydrogen-bond donors (Lipinski definition) is 1. The fourth-order valence-electron chi connectivity index (χ4n) is 1.50. The van der Waals surface area contributed by atoms with Gasteiger partial charge in [-0.25, -0.2) is 0 Å². The van der Waals surface area contributed by atoms with E-state index in [1.165, 1.54) is 0 Å². The summed E-state index contributed by atoms with van der Waals surface area (Å²) in [6.07, 6.45) is 0.246. The van der Waals surface area contributed by atoms with E-state index in [0.29, 0.717) is 0 Å². The van der Waals surface area contributed by atoms with Crippen molar-refractivity contribution in [2.75, 3.05) is 13.2 Å². The molecule has 0 aliphatic rings. The van der Waals surface area contributed by atoms with Crippen LogP contribution >= 0.6 is 0 Å². The van der Waals surface area contributed by atoms with Crippen molar-refractivity contribution in [3.05, 3.63) is 17.0 Å². The van der Waals surface area contributed by atoms with Gasteiger partial charge in [0, 0.05) is 25.3 Å². The molecule has 15 heavy (non-hydrogen) atoms. The average molecular weight is 212 g/mol. The largest absolute Gasteiger partial charge is 0.377 e. The minimum Gasteiger partial charge on any atom is -0.377 e. The van der Waals surface area contributed by atoms with Crippen LogP contribution < -0.4 is 5.32 Å². The predicted octanol–water partition coefficient (Wildman–Crippen LogP) is 1.81. The zero-order valence-electron chi connectivity index (χ0n) is 9.96. The van der Waals surface area contributed by atoms with E-state index in [2.05, 4.69) is 17.4 Å². The van der Waals surface area contributed by atoms with Gasteiger partial charge in [0.2, 0.25) is 0 Å². The van der Waals surface area contributed by atoms with E-state index >= 15 is 0 Å². The van der Waals surface area contributed by atoms with Crippen molar-refractivity contribution in [2.24, 2.45) is 0 Å². The Morgan fingerprint density at radius 3 is 2.73 bits per heavy atom. The molecular formula is C11H20N2O2. The van der Waals surface area contributed by atoms with Gasteiger partial charge in [0.15, 0.2) is 0 Å². The Morgan fingerprint density at radius 2 is 2.20 bits per heavy atom. The van der Waals surface area contributed by atoms with E-state index in [4.69, 9.17) is 9.26 Å². The van der Waals surface area contributed by atoms with E-state index in [0.717, 1.165) is 36.7 Å². The van der Waals surface area contributed by atoms with Crippen LogP contribution in [0.2, 0.25) is 0 Å². The van der Waals surface area contributed by atoms with Gasteiger partial charge in [0.05, 0.1) is 11.8 Å². The molecular weight excluding hydrogens is 192 g/mol. The molecule has 0 aromatic carbocycles. The van der Waals surface area contributed by atoms with Gasteiger partial charge >= 0.3 is 0 Å². The Hall–Kier alpha value is -0.870. The summed E-state index contributed by atoms with van der Waals surface area (Å²) in [5.74, 6) is 0.893. The van der Waals surface area contributed by atoms with Crippen LogP contribution in [0.15, 0.2) is 4.52 Å². The molecule has 0 amide bonds. The minimum atomic E-state index is 0.246. The number of hydrogen-bond acceptors (Lipinski definition) is 4. The second-order valence-corrected chi connectivity index (χ2v) is 3.70. The van der Waals surface area contributed by atoms with E-state index in [1.54, 1.807) is 0 Å². The highest BCUT2D eigenvalue weighted by Gasteiger charge is 2.08. The van der Waals surface area contributed by atoms with Crippen LogP contribution in [0.4, 0.5) is 0 Å². The van der Waals surface area contributed by atoms with Gasteiger partial charge in [-0.3, -0.25) is 0 Å². The molecule has 0 saturated heterocycles. The van der Waals surface area contributed by atoms with Crippen molar-refractivity contribution < 1.29 is 9.26 Å². The highest BCUT2D eigenvalue weighted by molar-refractivity contribution is 5.20. The number of nitrogens with zero attached hydrogens (tertiary/aromatic N) is 1. The van der Waals surface area contributed by atoms with Crippen molar-refractivity contribution in [3.8, 4) is 0 Å². The maximum Gasteiger partial charge on any atom is 0.138 e. The molecule has 4 heteroatoms. The normalized spacial score (nSPS) is 13.1. The molecule has 0 saturated carbocycles. The van der Waals surface area contributed by atoms with Crippen molar-refractivity contribution in [1.82, 2.24) is 10.5 Å². The monoisotopic (exact) mass is 212 g/mol. The third-order valence-corrected chi connectivity index (χ3v) is 2.37. The number of aryl methyl sites for hydroxylation is 2. The maximum absolute atomic E-state index is 5.42. The third-order valence-electron chi connectivity index (χ3n) is 2.37. The molecule has 0 aliphatic carbocycles. The summed E-state index contributed by atoms with van der Waals surface area (Å²) in [5, 5.41) is 7.23. The first-order chi connectivity index (χ1) is 7.15. The molecule has 0 spiro atoms. The number of rotatable bonds is 6. The van der Waals surface area contributed by atoms with Gasteiger partial charge in [0.25, 0.3) is 0 Å². The SMILES string of the molecule is CCOC(C)CNCc1c(C)noc1C. The Morgan fingerprint density at radius 1 is 1.47 bits per heavy atom. The lowest BCUT2D eigenvalue weighted by atomic mass is 10.2. The Labute approximate surface area is 91.0 Å². The second-order valence-electron chi connectivity index (χ2n) is 3.70. The van der Waals surface area contributed by atoms with Crippen LogP contribution in [-0.2, 0) is 11.3 Å². The Kier molecular flexibility index (Phi) is 4.78. The molecule has 1 heterocycles. The smallest absolute Gasteiger partial charge is 0.138 e. The van der Waals surface area contributed by atoms with Gasteiger partial charge in [-0.15, -0.1) is 0 Å². The molecule has 0 fully saturated rings. The summed E-state index contributed by atoms with van der Waals surface area (Å²) in [7, 11) is 0. The van der Waals surface area contributed by atoms with E-state index in [9.17, 15) is 0 Å². The fourth-order valence-corrected chi connectivity index (χ4v) is 1.50. The molecule has 4 nitrogen and oxygen atoms in total. The van der Waals surface area contributed by atoms with Crippen molar-refractivity contribution in [2.45, 2.75) is 40.3 Å². The molecule has 1 atom stereocenters. The molecule has 1 aromatic rings. The lowest BCUT2D eigenvalue weighted by Crippen LogP contribution is -2.26. The topological polar surface area (TPSA) is 47.3 Å². The number of aromatic nitrogens is 1. The van der Waals surface area contributed by atoms with Crippen molar-refractivity contribution >= 4 is 0 Å². The molecule has 1 N–H and O–H groups in total. The van der Waals surface area contributed by atoms with Gasteiger partial charge in [-0.2, -0.15) is 0 Å². The highest BCUT2D eigenvalue weighted by atomic mass is 16.5. The summed E-state index contributed by atoms with van der Waals surface area (Å²) in [4.78, 5) is 0. The van der Waals surface area contributed by atoms with Crippen LogP contribution in [0, 0.1) is 13.8 Å². The van der Waals surface area contributed by atoms with E-state index in [1.807, 2.05) is 20.8 Å². The highest BCUT2D eigenvalue weighted by Crippen LogP contribution is 2.11. The first kappa shape index (κ1) is 12.2. The van der Waals surface area contributed by atoms with Gasteiger partial charge in [-0.05, 0) is 27.7 Å². The first-order valence-electron chi connectivity index (χ1n) is 5.39. The van der Waals surface area contributed by atoms with Gasteiger partial charge in [0.1, 0.15) is 5.76 Å². The predicted molar refractivity (Wildman–Crippen MR) is 58.8 cm³/mol. The lowest BCUT2D eigenvalue weighted by molar-refractivity contribution is 0.0759. The number of ether oxygens (including phenoxy) is 1. The molecule has 1 rings (SSSR count). The van der Waals surface area contributed by atoms with Crippen LogP contribution in [0.25, 0.3) is 0 Å². The molecule has 1 aromatic heterocycles. The van der Waals surface area contributed by atoms with E-state index in [-0.39, 0.29) is 6.10 Å². The fraction of sp³-hybridized carbons (Fsp3) is 0.727. The third kappa shape index (κ3) is 3.64. The Balaban J connectivity index is 2.31. The summed E-state index contributed by atoms with van der Waals surface area (Å²) in [6.45, 7) is 10.3. The minimum absolute atomic E-state index is 0.246. The van der Waals surface area contributed by atoms with Crippen molar-refractivity contribution in [3.63, 3.8) is 0 Å². The van der Waals surface area contributed by atoms with Gasteiger partial charge in [-0.1, -0.05) is 5.16 Å². The quantitative estimate of drug-likeness (QED) is 0.781.